The van der Waals surface area contributed by atoms with Crippen LogP contribution in [0.1, 0.15) is 45.7 Å². The molecule has 0 aromatic heterocycles. The van der Waals surface area contributed by atoms with Crippen molar-refractivity contribution in [3.63, 3.8) is 0 Å². The van der Waals surface area contributed by atoms with Gasteiger partial charge < -0.3 is 10.1 Å². The Morgan fingerprint density at radius 2 is 2.06 bits per heavy atom. The van der Waals surface area contributed by atoms with Crippen LogP contribution in [0.15, 0.2) is 24.3 Å². The zero-order valence-electron chi connectivity index (χ0n) is 12.0. The summed E-state index contributed by atoms with van der Waals surface area (Å²) in [7, 11) is 0. The molecular weight excluding hydrogens is 222 g/mol. The summed E-state index contributed by atoms with van der Waals surface area (Å²) in [5.41, 5.74) is 1.67. The van der Waals surface area contributed by atoms with E-state index in [0.29, 0.717) is 17.4 Å². The second-order valence-electron chi connectivity index (χ2n) is 6.40. The molecule has 0 aliphatic carbocycles. The second-order valence-corrected chi connectivity index (χ2v) is 6.40. The molecule has 2 unspecified atom stereocenters. The summed E-state index contributed by atoms with van der Waals surface area (Å²) in [5.74, 6) is 1.71. The van der Waals surface area contributed by atoms with Crippen LogP contribution in [0.5, 0.6) is 5.75 Å². The highest BCUT2D eigenvalue weighted by atomic mass is 16.5. The quantitative estimate of drug-likeness (QED) is 0.877. The Labute approximate surface area is 111 Å². The van der Waals surface area contributed by atoms with Crippen molar-refractivity contribution in [2.75, 3.05) is 13.2 Å². The third-order valence-electron chi connectivity index (χ3n) is 4.11. The number of hydrogen-bond acceptors (Lipinski definition) is 2. The van der Waals surface area contributed by atoms with Crippen molar-refractivity contribution in [3.05, 3.63) is 29.8 Å². The fourth-order valence-corrected chi connectivity index (χ4v) is 2.18. The molecule has 1 aliphatic rings. The number of nitrogens with one attached hydrogen (secondary N) is 1. The van der Waals surface area contributed by atoms with Crippen LogP contribution in [0.25, 0.3) is 0 Å². The fourth-order valence-electron chi connectivity index (χ4n) is 2.18. The van der Waals surface area contributed by atoms with Crippen LogP contribution in [-0.4, -0.2) is 13.2 Å². The first-order valence-corrected chi connectivity index (χ1v) is 6.93. The predicted molar refractivity (Wildman–Crippen MR) is 75.9 cm³/mol. The summed E-state index contributed by atoms with van der Waals surface area (Å²) in [6, 6.07) is 8.82. The van der Waals surface area contributed by atoms with E-state index in [9.17, 15) is 0 Å². The average molecular weight is 247 g/mol. The molecular formula is C16H25NO. The van der Waals surface area contributed by atoms with Crippen LogP contribution in [0, 0.1) is 11.3 Å². The van der Waals surface area contributed by atoms with Gasteiger partial charge in [-0.25, -0.2) is 0 Å². The Morgan fingerprint density at radius 1 is 1.33 bits per heavy atom. The van der Waals surface area contributed by atoms with Gasteiger partial charge in [0.05, 0.1) is 6.61 Å². The summed E-state index contributed by atoms with van der Waals surface area (Å²) >= 11 is 0. The largest absolute Gasteiger partial charge is 0.493 e. The van der Waals surface area contributed by atoms with Gasteiger partial charge in [0, 0.05) is 18.0 Å². The Balaban J connectivity index is 2.00. The second kappa shape index (κ2) is 5.31. The van der Waals surface area contributed by atoms with Gasteiger partial charge in [0.25, 0.3) is 0 Å². The minimum atomic E-state index is 0.359. The van der Waals surface area contributed by atoms with E-state index in [2.05, 4.69) is 51.2 Å². The molecule has 2 heteroatoms. The molecule has 1 N–H and O–H groups in total. The molecule has 0 radical (unpaired) electrons. The van der Waals surface area contributed by atoms with Gasteiger partial charge in [-0.05, 0) is 23.9 Å². The maximum Gasteiger partial charge on any atom is 0.124 e. The van der Waals surface area contributed by atoms with Crippen molar-refractivity contribution in [1.82, 2.24) is 5.32 Å². The zero-order chi connectivity index (χ0) is 13.2. The van der Waals surface area contributed by atoms with Crippen molar-refractivity contribution in [3.8, 4) is 5.75 Å². The van der Waals surface area contributed by atoms with E-state index in [1.807, 2.05) is 6.07 Å². The molecule has 1 aromatic rings. The van der Waals surface area contributed by atoms with Crippen LogP contribution in [0.2, 0.25) is 0 Å². The average Bonchev–Trinajstić information content (AvgIpc) is 2.34. The third kappa shape index (κ3) is 3.05. The number of fused-ring (bicyclic) bond motifs is 1. The Hall–Kier alpha value is -1.02. The molecule has 18 heavy (non-hydrogen) atoms. The highest BCUT2D eigenvalue weighted by Gasteiger charge is 2.24. The number of benzene rings is 1. The van der Waals surface area contributed by atoms with E-state index in [0.717, 1.165) is 25.3 Å². The van der Waals surface area contributed by atoms with Crippen LogP contribution in [-0.2, 0) is 0 Å². The fraction of sp³-hybridized carbons (Fsp3) is 0.625. The summed E-state index contributed by atoms with van der Waals surface area (Å²) < 4.78 is 5.69. The van der Waals surface area contributed by atoms with Crippen molar-refractivity contribution < 1.29 is 4.74 Å². The van der Waals surface area contributed by atoms with Crippen LogP contribution >= 0.6 is 0 Å². The van der Waals surface area contributed by atoms with E-state index in [1.165, 1.54) is 5.56 Å². The first-order chi connectivity index (χ1) is 8.48. The van der Waals surface area contributed by atoms with Crippen molar-refractivity contribution in [1.29, 1.82) is 0 Å². The Kier molecular flexibility index (Phi) is 3.96. The standard InChI is InChI=1S/C16H25NO/c1-12(16(2,3)4)11-17-14-9-10-18-15-8-6-5-7-13(14)15/h5-8,12,14,17H,9-11H2,1-4H3. The molecule has 0 saturated heterocycles. The molecule has 0 fully saturated rings. The van der Waals surface area contributed by atoms with E-state index >= 15 is 0 Å². The normalized spacial score (nSPS) is 21.0. The lowest BCUT2D eigenvalue weighted by molar-refractivity contribution is 0.218. The van der Waals surface area contributed by atoms with Crippen molar-refractivity contribution in [2.45, 2.75) is 40.2 Å². The summed E-state index contributed by atoms with van der Waals surface area (Å²) in [4.78, 5) is 0. The molecule has 100 valence electrons. The van der Waals surface area contributed by atoms with Gasteiger partial charge >= 0.3 is 0 Å². The van der Waals surface area contributed by atoms with Gasteiger partial charge in [-0.2, -0.15) is 0 Å². The number of ether oxygens (including phenoxy) is 1. The molecule has 1 heterocycles. The lowest BCUT2D eigenvalue weighted by Gasteiger charge is -2.32. The van der Waals surface area contributed by atoms with Crippen LogP contribution in [0.3, 0.4) is 0 Å². The molecule has 0 spiro atoms. The van der Waals surface area contributed by atoms with E-state index in [-0.39, 0.29) is 0 Å². The van der Waals surface area contributed by atoms with Crippen LogP contribution in [0.4, 0.5) is 0 Å². The molecule has 0 amide bonds. The van der Waals surface area contributed by atoms with Crippen molar-refractivity contribution in [2.24, 2.45) is 11.3 Å². The first kappa shape index (κ1) is 13.4. The monoisotopic (exact) mass is 247 g/mol. The molecule has 2 nitrogen and oxygen atoms in total. The molecule has 2 rings (SSSR count). The van der Waals surface area contributed by atoms with Crippen molar-refractivity contribution >= 4 is 0 Å². The number of rotatable bonds is 3. The number of para-hydroxylation sites is 1. The molecule has 2 atom stereocenters. The lowest BCUT2D eigenvalue weighted by Crippen LogP contribution is -2.34. The third-order valence-corrected chi connectivity index (χ3v) is 4.11. The van der Waals surface area contributed by atoms with Gasteiger partial charge in [0.15, 0.2) is 0 Å². The SMILES string of the molecule is CC(CNC1CCOc2ccccc21)C(C)(C)C. The summed E-state index contributed by atoms with van der Waals surface area (Å²) in [6.07, 6.45) is 1.06. The van der Waals surface area contributed by atoms with Gasteiger partial charge in [-0.1, -0.05) is 45.9 Å². The highest BCUT2D eigenvalue weighted by Crippen LogP contribution is 2.32. The summed E-state index contributed by atoms with van der Waals surface area (Å²) in [5, 5.41) is 3.70. The van der Waals surface area contributed by atoms with E-state index < -0.39 is 0 Å². The maximum atomic E-state index is 5.69. The predicted octanol–water partition coefficient (Wildman–Crippen LogP) is 3.78. The van der Waals surface area contributed by atoms with Gasteiger partial charge in [0.1, 0.15) is 5.75 Å². The number of hydrogen-bond donors (Lipinski definition) is 1. The smallest absolute Gasteiger partial charge is 0.124 e. The van der Waals surface area contributed by atoms with Gasteiger partial charge in [-0.15, -0.1) is 0 Å². The zero-order valence-corrected chi connectivity index (χ0v) is 12.0. The highest BCUT2D eigenvalue weighted by molar-refractivity contribution is 5.37. The van der Waals surface area contributed by atoms with Crippen LogP contribution < -0.4 is 10.1 Å². The van der Waals surface area contributed by atoms with E-state index in [1.54, 1.807) is 0 Å². The molecule has 0 saturated carbocycles. The maximum absolute atomic E-state index is 5.69. The first-order valence-electron chi connectivity index (χ1n) is 6.93. The molecule has 1 aromatic carbocycles. The van der Waals surface area contributed by atoms with E-state index in [4.69, 9.17) is 4.74 Å². The Morgan fingerprint density at radius 3 is 2.78 bits per heavy atom. The molecule has 0 bridgehead atoms. The Bertz CT molecular complexity index is 394. The lowest BCUT2D eigenvalue weighted by atomic mass is 9.82. The molecule has 1 aliphatic heterocycles. The van der Waals surface area contributed by atoms with Gasteiger partial charge in [-0.3, -0.25) is 0 Å². The minimum Gasteiger partial charge on any atom is -0.493 e. The van der Waals surface area contributed by atoms with Gasteiger partial charge in [0.2, 0.25) is 0 Å². The topological polar surface area (TPSA) is 21.3 Å². The summed E-state index contributed by atoms with van der Waals surface area (Å²) in [6.45, 7) is 11.1. The minimum absolute atomic E-state index is 0.359.